The van der Waals surface area contributed by atoms with Crippen molar-refractivity contribution in [2.75, 3.05) is 5.75 Å². The Morgan fingerprint density at radius 2 is 1.78 bits per heavy atom. The average Bonchev–Trinajstić information content (AvgIpc) is 2.89. The number of aryl methyl sites for hydroxylation is 1. The molecule has 0 unspecified atom stereocenters. The maximum Gasteiger partial charge on any atom is 0.250 e. The van der Waals surface area contributed by atoms with Crippen LogP contribution in [0.2, 0.25) is 0 Å². The summed E-state index contributed by atoms with van der Waals surface area (Å²) >= 11 is 0. The van der Waals surface area contributed by atoms with Crippen LogP contribution in [0.25, 0.3) is 16.0 Å². The van der Waals surface area contributed by atoms with Crippen LogP contribution in [-0.4, -0.2) is 24.4 Å². The molecule has 0 bridgehead atoms. The summed E-state index contributed by atoms with van der Waals surface area (Å²) in [6.07, 6.45) is 1.80. The van der Waals surface area contributed by atoms with Crippen LogP contribution in [0, 0.1) is 6.57 Å². The lowest BCUT2D eigenvalue weighted by Gasteiger charge is -2.15. The van der Waals surface area contributed by atoms with Gasteiger partial charge in [-0.2, -0.15) is 0 Å². The maximum absolute atomic E-state index is 12.4. The molecule has 3 aromatic rings. The van der Waals surface area contributed by atoms with E-state index in [-0.39, 0.29) is 23.1 Å². The van der Waals surface area contributed by atoms with Crippen LogP contribution in [-0.2, 0) is 22.6 Å². The summed E-state index contributed by atoms with van der Waals surface area (Å²) in [5, 5.41) is 0. The van der Waals surface area contributed by atoms with Crippen molar-refractivity contribution < 1.29 is 8.42 Å². The van der Waals surface area contributed by atoms with E-state index >= 15 is 0 Å². The molecule has 4 rings (SSSR count). The van der Waals surface area contributed by atoms with E-state index in [1.807, 2.05) is 37.3 Å². The van der Waals surface area contributed by atoms with Gasteiger partial charge >= 0.3 is 0 Å². The van der Waals surface area contributed by atoms with E-state index in [2.05, 4.69) is 4.85 Å². The van der Waals surface area contributed by atoms with Crippen molar-refractivity contribution in [2.45, 2.75) is 25.6 Å². The molecule has 6 nitrogen and oxygen atoms in total. The molecule has 0 spiro atoms. The third kappa shape index (κ3) is 4.02. The Bertz CT molecular complexity index is 1440. The number of aromatic nitrogens is 1. The Balaban J connectivity index is 1.99. The predicted molar refractivity (Wildman–Crippen MR) is 127 cm³/mol. The molecule has 0 saturated heterocycles. The van der Waals surface area contributed by atoms with Crippen LogP contribution in [0.15, 0.2) is 64.5 Å². The standard InChI is InChI=1S/C25H23N3O3S/c1-5-32(30,31)15-17-6-11-20-22(12-17)23-14-28(4)24(29)13-21(23)16(2)27-25(20)18-7-9-19(26-3)10-8-18/h6-14,16H,5,15H2,1-2,4H3/t16-/m0/s1. The van der Waals surface area contributed by atoms with Gasteiger partial charge in [0.15, 0.2) is 15.5 Å². The second kappa shape index (κ2) is 8.21. The Morgan fingerprint density at radius 3 is 2.44 bits per heavy atom. The van der Waals surface area contributed by atoms with Crippen molar-refractivity contribution in [3.8, 4) is 11.1 Å². The summed E-state index contributed by atoms with van der Waals surface area (Å²) < 4.78 is 26.0. The molecular weight excluding hydrogens is 422 g/mol. The highest BCUT2D eigenvalue weighted by Gasteiger charge is 2.24. The van der Waals surface area contributed by atoms with E-state index < -0.39 is 9.84 Å². The van der Waals surface area contributed by atoms with E-state index in [9.17, 15) is 13.2 Å². The van der Waals surface area contributed by atoms with Gasteiger partial charge in [-0.15, -0.1) is 0 Å². The third-order valence-corrected chi connectivity index (χ3v) is 7.41. The Kier molecular flexibility index (Phi) is 5.57. The first-order valence-corrected chi connectivity index (χ1v) is 12.1. The molecule has 1 atom stereocenters. The Labute approximate surface area is 187 Å². The van der Waals surface area contributed by atoms with Crippen molar-refractivity contribution >= 4 is 21.2 Å². The van der Waals surface area contributed by atoms with Crippen LogP contribution in [0.1, 0.15) is 42.1 Å². The summed E-state index contributed by atoms with van der Waals surface area (Å²) in [6.45, 7) is 10.8. The van der Waals surface area contributed by atoms with Crippen LogP contribution in [0.5, 0.6) is 0 Å². The van der Waals surface area contributed by atoms with Gasteiger partial charge < -0.3 is 4.57 Å². The molecule has 1 aromatic heterocycles. The highest BCUT2D eigenvalue weighted by Crippen LogP contribution is 2.37. The van der Waals surface area contributed by atoms with Gasteiger partial charge in [0, 0.05) is 36.2 Å². The van der Waals surface area contributed by atoms with E-state index in [1.54, 1.807) is 38.4 Å². The van der Waals surface area contributed by atoms with Gasteiger partial charge in [0.25, 0.3) is 5.56 Å². The van der Waals surface area contributed by atoms with Crippen LogP contribution < -0.4 is 5.56 Å². The monoisotopic (exact) mass is 445 g/mol. The first-order chi connectivity index (χ1) is 15.2. The lowest BCUT2D eigenvalue weighted by Crippen LogP contribution is -2.17. The van der Waals surface area contributed by atoms with Gasteiger partial charge in [0.2, 0.25) is 0 Å². The maximum atomic E-state index is 12.4. The number of aliphatic imine (C=N–C) groups is 1. The summed E-state index contributed by atoms with van der Waals surface area (Å²) in [4.78, 5) is 20.8. The average molecular weight is 446 g/mol. The number of nitrogens with zero attached hydrogens (tertiary/aromatic N) is 3. The molecule has 0 fully saturated rings. The zero-order valence-electron chi connectivity index (χ0n) is 18.2. The van der Waals surface area contributed by atoms with E-state index in [4.69, 9.17) is 11.6 Å². The number of benzene rings is 2. The molecule has 2 aromatic carbocycles. The van der Waals surface area contributed by atoms with Gasteiger partial charge in [-0.25, -0.2) is 13.3 Å². The molecule has 32 heavy (non-hydrogen) atoms. The molecule has 0 N–H and O–H groups in total. The number of hydrogen-bond donors (Lipinski definition) is 0. The molecule has 1 aliphatic rings. The fourth-order valence-corrected chi connectivity index (χ4v) is 4.83. The molecular formula is C25H23N3O3S. The number of hydrogen-bond acceptors (Lipinski definition) is 4. The summed E-state index contributed by atoms with van der Waals surface area (Å²) in [7, 11) is -1.50. The minimum atomic E-state index is -3.20. The molecule has 0 radical (unpaired) electrons. The number of fused-ring (bicyclic) bond motifs is 3. The lowest BCUT2D eigenvalue weighted by molar-refractivity contribution is 0.596. The topological polar surface area (TPSA) is 72.9 Å². The van der Waals surface area contributed by atoms with Crippen molar-refractivity contribution in [2.24, 2.45) is 12.0 Å². The zero-order chi connectivity index (χ0) is 23.0. The number of rotatable bonds is 4. The molecule has 7 heteroatoms. The summed E-state index contributed by atoms with van der Waals surface area (Å²) in [5.74, 6) is 0.0337. The first kappa shape index (κ1) is 21.7. The van der Waals surface area contributed by atoms with Gasteiger partial charge in [-0.05, 0) is 35.2 Å². The second-order valence-electron chi connectivity index (χ2n) is 7.96. The minimum absolute atomic E-state index is 0.0421. The minimum Gasteiger partial charge on any atom is -0.318 e. The van der Waals surface area contributed by atoms with Gasteiger partial charge in [0.1, 0.15) is 0 Å². The van der Waals surface area contributed by atoms with Gasteiger partial charge in [0.05, 0.1) is 24.1 Å². The zero-order valence-corrected chi connectivity index (χ0v) is 19.0. The fourth-order valence-electron chi connectivity index (χ4n) is 3.94. The van der Waals surface area contributed by atoms with Gasteiger partial charge in [-0.1, -0.05) is 43.3 Å². The highest BCUT2D eigenvalue weighted by atomic mass is 32.2. The second-order valence-corrected chi connectivity index (χ2v) is 10.3. The van der Waals surface area contributed by atoms with Crippen molar-refractivity contribution in [1.82, 2.24) is 4.57 Å². The van der Waals surface area contributed by atoms with Crippen LogP contribution in [0.4, 0.5) is 5.69 Å². The molecule has 0 amide bonds. The third-order valence-electron chi connectivity index (χ3n) is 5.76. The quantitative estimate of drug-likeness (QED) is 0.557. The molecule has 0 saturated carbocycles. The largest absolute Gasteiger partial charge is 0.318 e. The normalized spacial score (nSPS) is 15.2. The van der Waals surface area contributed by atoms with E-state index in [0.717, 1.165) is 33.5 Å². The highest BCUT2D eigenvalue weighted by molar-refractivity contribution is 7.90. The summed E-state index contributed by atoms with van der Waals surface area (Å²) in [5.41, 5.74) is 6.10. The number of sulfone groups is 1. The summed E-state index contributed by atoms with van der Waals surface area (Å²) in [6, 6.07) is 14.2. The fraction of sp³-hybridized carbons (Fsp3) is 0.240. The Hall–Kier alpha value is -3.50. The molecule has 2 heterocycles. The molecule has 0 aliphatic carbocycles. The SMILES string of the molecule is [C-]#[N+]c1ccc(C2=N[C@@H](C)c3cc(=O)n(C)cc3-c3cc(CS(=O)(=O)CC)ccc32)cc1. The molecule has 162 valence electrons. The smallest absolute Gasteiger partial charge is 0.250 e. The number of pyridine rings is 1. The Morgan fingerprint density at radius 1 is 1.06 bits per heavy atom. The predicted octanol–water partition coefficient (Wildman–Crippen LogP) is 4.45. The van der Waals surface area contributed by atoms with Crippen LogP contribution >= 0.6 is 0 Å². The van der Waals surface area contributed by atoms with Crippen molar-refractivity contribution in [3.05, 3.63) is 98.8 Å². The van der Waals surface area contributed by atoms with Crippen molar-refractivity contribution in [3.63, 3.8) is 0 Å². The van der Waals surface area contributed by atoms with Crippen LogP contribution in [0.3, 0.4) is 0 Å². The van der Waals surface area contributed by atoms with Crippen molar-refractivity contribution in [1.29, 1.82) is 0 Å². The van der Waals surface area contributed by atoms with E-state index in [1.165, 1.54) is 4.57 Å². The lowest BCUT2D eigenvalue weighted by atomic mass is 9.91. The van der Waals surface area contributed by atoms with E-state index in [0.29, 0.717) is 11.3 Å². The molecule has 1 aliphatic heterocycles. The first-order valence-electron chi connectivity index (χ1n) is 10.3. The van der Waals surface area contributed by atoms with Gasteiger partial charge in [-0.3, -0.25) is 9.79 Å².